The van der Waals surface area contributed by atoms with E-state index in [-0.39, 0.29) is 18.1 Å². The maximum absolute atomic E-state index is 11.6. The molecule has 0 atom stereocenters. The number of rotatable bonds is 4. The van der Waals surface area contributed by atoms with Gasteiger partial charge in [0.05, 0.1) is 0 Å². The van der Waals surface area contributed by atoms with Gasteiger partial charge in [-0.2, -0.15) is 0 Å². The van der Waals surface area contributed by atoms with E-state index in [0.29, 0.717) is 0 Å². The lowest BCUT2D eigenvalue weighted by Crippen LogP contribution is -2.18. The van der Waals surface area contributed by atoms with Crippen LogP contribution in [0.15, 0.2) is 30.3 Å². The van der Waals surface area contributed by atoms with E-state index >= 15 is 0 Å². The third-order valence-electron chi connectivity index (χ3n) is 2.46. The van der Waals surface area contributed by atoms with E-state index in [1.165, 1.54) is 7.05 Å². The highest BCUT2D eigenvalue weighted by molar-refractivity contribution is 5.95. The first kappa shape index (κ1) is 13.5. The Balaban J connectivity index is 1.98. The van der Waals surface area contributed by atoms with Crippen LogP contribution in [0, 0.1) is 0 Å². The molecule has 0 saturated carbocycles. The molecule has 0 aliphatic heterocycles. The van der Waals surface area contributed by atoms with E-state index in [2.05, 4.69) is 15.6 Å². The van der Waals surface area contributed by atoms with E-state index in [1.54, 1.807) is 0 Å². The van der Waals surface area contributed by atoms with E-state index in [4.69, 9.17) is 9.84 Å². The van der Waals surface area contributed by atoms with Gasteiger partial charge in [0, 0.05) is 7.05 Å². The van der Waals surface area contributed by atoms with Gasteiger partial charge >= 0.3 is 12.1 Å². The predicted octanol–water partition coefficient (Wildman–Crippen LogP) is 1.26. The number of nitrogens with one attached hydrogen (secondary N) is 1. The molecule has 0 aliphatic rings. The molecule has 2 aromatic rings. The highest BCUT2D eigenvalue weighted by Crippen LogP contribution is 2.11. The minimum absolute atomic E-state index is 0.0319. The van der Waals surface area contributed by atoms with Gasteiger partial charge in [-0.15, -0.1) is 5.10 Å². The average Bonchev–Trinajstić information content (AvgIpc) is 2.79. The summed E-state index contributed by atoms with van der Waals surface area (Å²) in [7, 11) is 1.46. The number of ether oxygens (including phenoxy) is 1. The normalized spacial score (nSPS) is 10.1. The van der Waals surface area contributed by atoms with Crippen molar-refractivity contribution >= 4 is 17.9 Å². The first-order chi connectivity index (χ1) is 9.58. The molecule has 1 aromatic carbocycles. The van der Waals surface area contributed by atoms with Crippen LogP contribution in [0.2, 0.25) is 0 Å². The number of aryl methyl sites for hydroxylation is 1. The van der Waals surface area contributed by atoms with Gasteiger partial charge < -0.3 is 9.84 Å². The molecule has 104 valence electrons. The number of amides is 1. The summed E-state index contributed by atoms with van der Waals surface area (Å²) < 4.78 is 6.13. The van der Waals surface area contributed by atoms with Gasteiger partial charge in [0.2, 0.25) is 5.69 Å². The number of hydrogen-bond acceptors (Lipinski definition) is 5. The molecule has 0 unspecified atom stereocenters. The number of carboxylic acid groups (broad SMARTS) is 1. The van der Waals surface area contributed by atoms with Crippen molar-refractivity contribution in [2.45, 2.75) is 6.61 Å². The van der Waals surface area contributed by atoms with Crippen molar-refractivity contribution in [3.8, 4) is 0 Å². The van der Waals surface area contributed by atoms with Crippen molar-refractivity contribution in [1.82, 2.24) is 15.0 Å². The Morgan fingerprint density at radius 3 is 2.70 bits per heavy atom. The molecule has 8 nitrogen and oxygen atoms in total. The fourth-order valence-electron chi connectivity index (χ4n) is 1.50. The molecule has 0 bridgehead atoms. The largest absolute Gasteiger partial charge is 0.476 e. The second-order valence-corrected chi connectivity index (χ2v) is 3.90. The van der Waals surface area contributed by atoms with Crippen LogP contribution in [-0.2, 0) is 18.4 Å². The summed E-state index contributed by atoms with van der Waals surface area (Å²) in [5.74, 6) is -1.31. The third-order valence-corrected chi connectivity index (χ3v) is 2.46. The summed E-state index contributed by atoms with van der Waals surface area (Å²) in [4.78, 5) is 22.5. The van der Waals surface area contributed by atoms with Crippen LogP contribution in [0.4, 0.5) is 10.6 Å². The lowest BCUT2D eigenvalue weighted by atomic mass is 10.2. The number of carboxylic acids is 1. The van der Waals surface area contributed by atoms with Crippen molar-refractivity contribution in [3.05, 3.63) is 41.6 Å². The topological polar surface area (TPSA) is 106 Å². The van der Waals surface area contributed by atoms with Gasteiger partial charge in [0.1, 0.15) is 6.61 Å². The first-order valence-corrected chi connectivity index (χ1v) is 5.68. The Morgan fingerprint density at radius 1 is 1.35 bits per heavy atom. The molecule has 8 heteroatoms. The van der Waals surface area contributed by atoms with Crippen LogP contribution in [0.3, 0.4) is 0 Å². The third kappa shape index (κ3) is 3.10. The highest BCUT2D eigenvalue weighted by Gasteiger charge is 2.19. The zero-order valence-corrected chi connectivity index (χ0v) is 10.6. The van der Waals surface area contributed by atoms with Crippen molar-refractivity contribution in [2.75, 3.05) is 5.32 Å². The quantitative estimate of drug-likeness (QED) is 0.870. The maximum Gasteiger partial charge on any atom is 0.413 e. The summed E-state index contributed by atoms with van der Waals surface area (Å²) in [6.45, 7) is 0.0837. The minimum Gasteiger partial charge on any atom is -0.476 e. The fraction of sp³-hybridized carbons (Fsp3) is 0.167. The zero-order valence-electron chi connectivity index (χ0n) is 10.6. The molecule has 1 aromatic heterocycles. The monoisotopic (exact) mass is 276 g/mol. The Labute approximate surface area is 114 Å². The molecule has 2 rings (SSSR count). The lowest BCUT2D eigenvalue weighted by molar-refractivity contribution is 0.0691. The van der Waals surface area contributed by atoms with Crippen molar-refractivity contribution in [2.24, 2.45) is 7.05 Å². The van der Waals surface area contributed by atoms with Gasteiger partial charge in [0.25, 0.3) is 0 Å². The van der Waals surface area contributed by atoms with Crippen LogP contribution in [0.25, 0.3) is 0 Å². The van der Waals surface area contributed by atoms with Crippen LogP contribution in [0.1, 0.15) is 16.1 Å². The molecular weight excluding hydrogens is 264 g/mol. The predicted molar refractivity (Wildman–Crippen MR) is 68.2 cm³/mol. The molecule has 1 heterocycles. The number of aromatic nitrogens is 3. The summed E-state index contributed by atoms with van der Waals surface area (Å²) in [6.07, 6.45) is -0.776. The Bertz CT molecular complexity index is 624. The SMILES string of the molecule is Cn1nnc(C(=O)O)c1NC(=O)OCc1ccccc1. The van der Waals surface area contributed by atoms with Gasteiger partial charge in [-0.05, 0) is 5.56 Å². The Hall–Kier alpha value is -2.90. The molecule has 20 heavy (non-hydrogen) atoms. The Morgan fingerprint density at radius 2 is 2.05 bits per heavy atom. The maximum atomic E-state index is 11.6. The number of hydrogen-bond donors (Lipinski definition) is 2. The molecule has 0 spiro atoms. The number of aromatic carboxylic acids is 1. The summed E-state index contributed by atoms with van der Waals surface area (Å²) in [5.41, 5.74) is 0.480. The first-order valence-electron chi connectivity index (χ1n) is 5.68. The van der Waals surface area contributed by atoms with E-state index in [1.807, 2.05) is 30.3 Å². The second kappa shape index (κ2) is 5.83. The van der Waals surface area contributed by atoms with E-state index < -0.39 is 12.1 Å². The van der Waals surface area contributed by atoms with Crippen LogP contribution in [0.5, 0.6) is 0 Å². The second-order valence-electron chi connectivity index (χ2n) is 3.90. The minimum atomic E-state index is -1.28. The molecule has 0 saturated heterocycles. The van der Waals surface area contributed by atoms with Gasteiger partial charge in [-0.1, -0.05) is 35.5 Å². The molecule has 0 radical (unpaired) electrons. The molecule has 0 aliphatic carbocycles. The van der Waals surface area contributed by atoms with E-state index in [9.17, 15) is 9.59 Å². The lowest BCUT2D eigenvalue weighted by Gasteiger charge is -2.07. The summed E-state index contributed by atoms with van der Waals surface area (Å²) in [6, 6.07) is 9.11. The van der Waals surface area contributed by atoms with Crippen LogP contribution < -0.4 is 5.32 Å². The molecule has 0 fully saturated rings. The number of carbonyl (C=O) groups excluding carboxylic acids is 1. The zero-order chi connectivity index (χ0) is 14.5. The average molecular weight is 276 g/mol. The Kier molecular flexibility index (Phi) is 3.94. The number of carbonyl (C=O) groups is 2. The summed E-state index contributed by atoms with van der Waals surface area (Å²) in [5, 5.41) is 18.2. The smallest absolute Gasteiger partial charge is 0.413 e. The molecule has 2 N–H and O–H groups in total. The van der Waals surface area contributed by atoms with Crippen molar-refractivity contribution in [3.63, 3.8) is 0 Å². The van der Waals surface area contributed by atoms with Crippen LogP contribution >= 0.6 is 0 Å². The van der Waals surface area contributed by atoms with Gasteiger partial charge in [-0.25, -0.2) is 14.3 Å². The van der Waals surface area contributed by atoms with Crippen LogP contribution in [-0.4, -0.2) is 32.2 Å². The number of anilines is 1. The van der Waals surface area contributed by atoms with Gasteiger partial charge in [-0.3, -0.25) is 5.32 Å². The van der Waals surface area contributed by atoms with Crippen molar-refractivity contribution in [1.29, 1.82) is 0 Å². The van der Waals surface area contributed by atoms with E-state index in [0.717, 1.165) is 10.2 Å². The van der Waals surface area contributed by atoms with Crippen molar-refractivity contribution < 1.29 is 19.4 Å². The standard InChI is InChI=1S/C12H12N4O4/c1-16-10(9(11(17)18)14-15-16)13-12(19)20-7-8-5-3-2-4-6-8/h2-6H,7H2,1H3,(H,13,19)(H,17,18). The number of benzene rings is 1. The summed E-state index contributed by atoms with van der Waals surface area (Å²) >= 11 is 0. The fourth-order valence-corrected chi connectivity index (χ4v) is 1.50. The highest BCUT2D eigenvalue weighted by atomic mass is 16.5. The molecular formula is C12H12N4O4. The van der Waals surface area contributed by atoms with Gasteiger partial charge in [0.15, 0.2) is 5.82 Å². The molecule has 1 amide bonds. The number of nitrogens with zero attached hydrogens (tertiary/aromatic N) is 3.